The van der Waals surface area contributed by atoms with Crippen LogP contribution in [0.3, 0.4) is 0 Å². The smallest absolute Gasteiger partial charge is 0.285 e. The largest absolute Gasteiger partial charge is 0.324 e. The molecule has 1 aliphatic rings. The monoisotopic (exact) mass is 407 g/mol. The molecule has 2 aromatic rings. The number of anilines is 1. The molecule has 0 amide bonds. The summed E-state index contributed by atoms with van der Waals surface area (Å²) in [5.74, 6) is -0.584. The van der Waals surface area contributed by atoms with Crippen molar-refractivity contribution in [3.8, 4) is 0 Å². The van der Waals surface area contributed by atoms with E-state index in [0.29, 0.717) is 22.9 Å². The molecule has 0 spiro atoms. The molecule has 0 radical (unpaired) electrons. The van der Waals surface area contributed by atoms with E-state index in [4.69, 9.17) is 11.6 Å². The van der Waals surface area contributed by atoms with Gasteiger partial charge in [-0.25, -0.2) is 9.37 Å². The van der Waals surface area contributed by atoms with Crippen molar-refractivity contribution < 1.29 is 12.8 Å². The number of nitrogens with zero attached hydrogens (tertiary/aromatic N) is 3. The Bertz CT molecular complexity index is 853. The third-order valence-corrected chi connectivity index (χ3v) is 6.28. The van der Waals surface area contributed by atoms with Crippen molar-refractivity contribution in [3.63, 3.8) is 0 Å². The molecule has 118 valence electrons. The molecule has 0 aliphatic carbocycles. The lowest BCUT2D eigenvalue weighted by Crippen LogP contribution is -2.36. The molecule has 0 unspecified atom stereocenters. The summed E-state index contributed by atoms with van der Waals surface area (Å²) < 4.78 is 43.0. The summed E-state index contributed by atoms with van der Waals surface area (Å²) in [6.45, 7) is 0.195. The molecular weight excluding hydrogens is 397 g/mol. The van der Waals surface area contributed by atoms with E-state index < -0.39 is 15.8 Å². The predicted octanol–water partition coefficient (Wildman–Crippen LogP) is 3.12. The van der Waals surface area contributed by atoms with E-state index in [9.17, 15) is 12.8 Å². The number of hydrogen-bond acceptors (Lipinski definition) is 3. The first-order valence-corrected chi connectivity index (χ1v) is 9.11. The van der Waals surface area contributed by atoms with E-state index in [-0.39, 0.29) is 22.4 Å². The van der Waals surface area contributed by atoms with E-state index in [1.165, 1.54) is 17.0 Å². The standard InChI is InChI=1S/C13H12BrClFN3O2S/c1-18-7-17-13(12(18)15)22(20,21)19-4-2-3-8-5-9(14)6-10(16)11(8)19/h5-7H,2-4H2,1H3. The summed E-state index contributed by atoms with van der Waals surface area (Å²) in [4.78, 5) is 3.85. The summed E-state index contributed by atoms with van der Waals surface area (Å²) in [5, 5.41) is -0.253. The highest BCUT2D eigenvalue weighted by Crippen LogP contribution is 2.37. The van der Waals surface area contributed by atoms with Gasteiger partial charge in [0.05, 0.1) is 12.0 Å². The molecule has 1 aromatic heterocycles. The zero-order valence-corrected chi connectivity index (χ0v) is 14.7. The van der Waals surface area contributed by atoms with Crippen LogP contribution in [0.25, 0.3) is 0 Å². The quantitative estimate of drug-likeness (QED) is 0.767. The highest BCUT2D eigenvalue weighted by molar-refractivity contribution is 9.10. The molecule has 2 heterocycles. The van der Waals surface area contributed by atoms with Crippen LogP contribution in [0.4, 0.5) is 10.1 Å². The number of aromatic nitrogens is 2. The van der Waals surface area contributed by atoms with Crippen molar-refractivity contribution in [2.45, 2.75) is 17.9 Å². The topological polar surface area (TPSA) is 55.2 Å². The van der Waals surface area contributed by atoms with Crippen molar-refractivity contribution in [2.24, 2.45) is 7.05 Å². The molecule has 1 aromatic carbocycles. The first kappa shape index (κ1) is 15.8. The van der Waals surface area contributed by atoms with Gasteiger partial charge in [0.1, 0.15) is 11.0 Å². The van der Waals surface area contributed by atoms with Crippen LogP contribution < -0.4 is 4.31 Å². The van der Waals surface area contributed by atoms with Crippen molar-refractivity contribution in [1.29, 1.82) is 0 Å². The maximum atomic E-state index is 14.3. The lowest BCUT2D eigenvalue weighted by molar-refractivity contribution is 0.574. The first-order chi connectivity index (χ1) is 10.3. The molecule has 3 rings (SSSR count). The summed E-state index contributed by atoms with van der Waals surface area (Å²) in [6.07, 6.45) is 2.54. The second-order valence-corrected chi connectivity index (χ2v) is 8.08. The predicted molar refractivity (Wildman–Crippen MR) is 85.2 cm³/mol. The minimum Gasteiger partial charge on any atom is -0.324 e. The Labute approximate surface area is 140 Å². The minimum absolute atomic E-state index is 0.00430. The Hall–Kier alpha value is -1.12. The number of halogens is 3. The van der Waals surface area contributed by atoms with E-state index in [2.05, 4.69) is 20.9 Å². The number of sulfonamides is 1. The summed E-state index contributed by atoms with van der Waals surface area (Å²) >= 11 is 9.22. The summed E-state index contributed by atoms with van der Waals surface area (Å²) in [5.41, 5.74) is 0.727. The maximum absolute atomic E-state index is 14.3. The van der Waals surface area contributed by atoms with Crippen LogP contribution in [0.2, 0.25) is 5.15 Å². The van der Waals surface area contributed by atoms with Crippen molar-refractivity contribution in [1.82, 2.24) is 9.55 Å². The average molecular weight is 409 g/mol. The van der Waals surface area contributed by atoms with Crippen LogP contribution in [-0.2, 0) is 23.5 Å². The molecule has 0 atom stereocenters. The lowest BCUT2D eigenvalue weighted by Gasteiger charge is -2.30. The molecular formula is C13H12BrClFN3O2S. The van der Waals surface area contributed by atoms with Gasteiger partial charge in [-0.3, -0.25) is 4.31 Å². The fraction of sp³-hybridized carbons (Fsp3) is 0.308. The van der Waals surface area contributed by atoms with Gasteiger partial charge in [0, 0.05) is 18.1 Å². The molecule has 0 fully saturated rings. The van der Waals surface area contributed by atoms with Crippen molar-refractivity contribution >= 4 is 43.2 Å². The van der Waals surface area contributed by atoms with Crippen molar-refractivity contribution in [2.75, 3.05) is 10.8 Å². The molecule has 22 heavy (non-hydrogen) atoms. The van der Waals surface area contributed by atoms with E-state index in [0.717, 1.165) is 4.31 Å². The number of aryl methyl sites for hydroxylation is 2. The third-order valence-electron chi connectivity index (χ3n) is 3.53. The van der Waals surface area contributed by atoms with Gasteiger partial charge < -0.3 is 4.57 Å². The van der Waals surface area contributed by atoms with Gasteiger partial charge in [0.25, 0.3) is 10.0 Å². The Balaban J connectivity index is 2.17. The zero-order chi connectivity index (χ0) is 16.1. The van der Waals surface area contributed by atoms with E-state index in [1.807, 2.05) is 0 Å². The fourth-order valence-electron chi connectivity index (χ4n) is 2.53. The van der Waals surface area contributed by atoms with E-state index >= 15 is 0 Å². The number of imidazole rings is 1. The number of rotatable bonds is 2. The first-order valence-electron chi connectivity index (χ1n) is 6.50. The van der Waals surface area contributed by atoms with Crippen LogP contribution in [0, 0.1) is 5.82 Å². The van der Waals surface area contributed by atoms with E-state index in [1.54, 1.807) is 13.1 Å². The highest BCUT2D eigenvalue weighted by atomic mass is 79.9. The molecule has 0 saturated heterocycles. The van der Waals surface area contributed by atoms with Gasteiger partial charge in [-0.05, 0) is 30.5 Å². The Morgan fingerprint density at radius 3 is 2.77 bits per heavy atom. The minimum atomic E-state index is -4.01. The molecule has 0 saturated carbocycles. The highest BCUT2D eigenvalue weighted by Gasteiger charge is 2.35. The Kier molecular flexibility index (Phi) is 3.94. The van der Waals surface area contributed by atoms with Gasteiger partial charge in [-0.1, -0.05) is 27.5 Å². The fourth-order valence-corrected chi connectivity index (χ4v) is 4.95. The molecule has 0 bridgehead atoms. The second-order valence-electron chi connectivity index (χ2n) is 5.03. The second kappa shape index (κ2) is 5.50. The normalized spacial score (nSPS) is 15.0. The van der Waals surface area contributed by atoms with Gasteiger partial charge in [-0.15, -0.1) is 0 Å². The van der Waals surface area contributed by atoms with Gasteiger partial charge in [0.2, 0.25) is 5.03 Å². The molecule has 0 N–H and O–H groups in total. The van der Waals surface area contributed by atoms with Crippen LogP contribution in [0.15, 0.2) is 28.0 Å². The number of hydrogen-bond donors (Lipinski definition) is 0. The summed E-state index contributed by atoms with van der Waals surface area (Å²) in [6, 6.07) is 2.99. The van der Waals surface area contributed by atoms with Gasteiger partial charge in [-0.2, -0.15) is 8.42 Å². The lowest BCUT2D eigenvalue weighted by atomic mass is 10.0. The Morgan fingerprint density at radius 1 is 1.41 bits per heavy atom. The van der Waals surface area contributed by atoms with Crippen LogP contribution in [0.1, 0.15) is 12.0 Å². The van der Waals surface area contributed by atoms with Crippen LogP contribution in [-0.4, -0.2) is 24.5 Å². The third kappa shape index (κ3) is 2.43. The SMILES string of the molecule is Cn1cnc(S(=O)(=O)N2CCCc3cc(Br)cc(F)c32)c1Cl. The molecule has 5 nitrogen and oxygen atoms in total. The Morgan fingerprint density at radius 2 is 2.14 bits per heavy atom. The van der Waals surface area contributed by atoms with Gasteiger partial charge >= 0.3 is 0 Å². The average Bonchev–Trinajstić information content (AvgIpc) is 2.78. The van der Waals surface area contributed by atoms with Crippen LogP contribution >= 0.6 is 27.5 Å². The number of benzene rings is 1. The number of fused-ring (bicyclic) bond motifs is 1. The maximum Gasteiger partial charge on any atom is 0.285 e. The summed E-state index contributed by atoms with van der Waals surface area (Å²) in [7, 11) is -2.41. The van der Waals surface area contributed by atoms with Crippen molar-refractivity contribution in [3.05, 3.63) is 39.5 Å². The van der Waals surface area contributed by atoms with Crippen LogP contribution in [0.5, 0.6) is 0 Å². The zero-order valence-electron chi connectivity index (χ0n) is 11.6. The molecule has 1 aliphatic heterocycles. The van der Waals surface area contributed by atoms with Gasteiger partial charge in [0.15, 0.2) is 0 Å². The molecule has 9 heteroatoms.